The lowest BCUT2D eigenvalue weighted by molar-refractivity contribution is 0.773. The van der Waals surface area contributed by atoms with Crippen molar-refractivity contribution >= 4 is 10.8 Å². The van der Waals surface area contributed by atoms with E-state index in [-0.39, 0.29) is 0 Å². The van der Waals surface area contributed by atoms with E-state index in [0.717, 1.165) is 5.40 Å². The normalized spacial score (nSPS) is 13.0. The van der Waals surface area contributed by atoms with E-state index in [1.807, 2.05) is 0 Å². The zero-order valence-corrected chi connectivity index (χ0v) is 3.93. The van der Waals surface area contributed by atoms with Crippen molar-refractivity contribution in [2.45, 2.75) is 0 Å². The van der Waals surface area contributed by atoms with Gasteiger partial charge in [-0.15, -0.1) is 7.77 Å². The van der Waals surface area contributed by atoms with Crippen LogP contribution in [0.2, 0.25) is 0 Å². The van der Waals surface area contributed by atoms with E-state index in [9.17, 15) is 7.77 Å². The number of nitrogens with zero attached hydrogens (tertiary/aromatic N) is 1. The number of thiocyanates is 1. The summed E-state index contributed by atoms with van der Waals surface area (Å²) in [6, 6.07) is 0. The van der Waals surface area contributed by atoms with Gasteiger partial charge in [0.2, 0.25) is 0 Å². The van der Waals surface area contributed by atoms with Gasteiger partial charge in [-0.1, -0.05) is 0 Å². The van der Waals surface area contributed by atoms with Crippen LogP contribution in [-0.4, -0.2) is 6.26 Å². The summed E-state index contributed by atoms with van der Waals surface area (Å²) >= 11 is 0. The second kappa shape index (κ2) is 1.43. The maximum absolute atomic E-state index is 11.2. The Balaban J connectivity index is 3.55. The fourth-order valence-corrected chi connectivity index (χ4v) is 0. The van der Waals surface area contributed by atoms with Crippen LogP contribution in [0.15, 0.2) is 0 Å². The van der Waals surface area contributed by atoms with Crippen LogP contribution in [-0.2, 0) is 0 Å². The molecule has 0 saturated carbocycles. The molecular formula is C2H3F2NS. The van der Waals surface area contributed by atoms with Gasteiger partial charge < -0.3 is 0 Å². The molecule has 4 heteroatoms. The molecule has 0 amide bonds. The van der Waals surface area contributed by atoms with Gasteiger partial charge in [-0.2, -0.15) is 5.26 Å². The van der Waals surface area contributed by atoms with Gasteiger partial charge in [-0.05, 0) is 0 Å². The highest BCUT2D eigenvalue weighted by Crippen LogP contribution is 2.45. The molecule has 0 aromatic heterocycles. The minimum absolute atomic E-state index is 0.632. The average molecular weight is 111 g/mol. The molecule has 0 atom stereocenters. The first kappa shape index (κ1) is 5.70. The monoisotopic (exact) mass is 111 g/mol. The van der Waals surface area contributed by atoms with Crippen LogP contribution in [0.5, 0.6) is 0 Å². The van der Waals surface area contributed by atoms with Crippen molar-refractivity contribution < 1.29 is 7.77 Å². The lowest BCUT2D eigenvalue weighted by Crippen LogP contribution is -1.67. The molecule has 0 N–H and O–H groups in total. The third-order valence-corrected chi connectivity index (χ3v) is 0.481. The Morgan fingerprint density at radius 2 is 1.83 bits per heavy atom. The van der Waals surface area contributed by atoms with Crippen LogP contribution in [0, 0.1) is 10.7 Å². The first-order chi connectivity index (χ1) is 2.56. The molecule has 0 heterocycles. The molecule has 0 saturated heterocycles. The number of halogens is 2. The summed E-state index contributed by atoms with van der Waals surface area (Å²) < 4.78 is 22.3. The van der Waals surface area contributed by atoms with Crippen LogP contribution in [0.1, 0.15) is 0 Å². The molecule has 1 nitrogen and oxygen atoms in total. The molecule has 0 unspecified atom stereocenters. The van der Waals surface area contributed by atoms with Crippen LogP contribution >= 0.6 is 10.8 Å². The second-order valence-corrected chi connectivity index (χ2v) is 2.45. The minimum Gasteiger partial charge on any atom is -0.182 e. The fourth-order valence-electron chi connectivity index (χ4n) is 0. The zero-order chi connectivity index (χ0) is 5.21. The van der Waals surface area contributed by atoms with Gasteiger partial charge >= 0.3 is 0 Å². The first-order valence-corrected chi connectivity index (χ1v) is 2.99. The minimum atomic E-state index is -3.86. The maximum atomic E-state index is 11.2. The van der Waals surface area contributed by atoms with Crippen molar-refractivity contribution in [2.75, 3.05) is 6.26 Å². The molecule has 0 aromatic carbocycles. The third-order valence-electron chi connectivity index (χ3n) is 0.160. The Hall–Kier alpha value is -0.300. The molecule has 0 rings (SSSR count). The lowest BCUT2D eigenvalue weighted by atomic mass is 11.8. The van der Waals surface area contributed by atoms with E-state index in [1.54, 1.807) is 0 Å². The standard InChI is InChI=1S/C2H3F2NS/c1-6(3,4)2-5/h1H3. The van der Waals surface area contributed by atoms with Crippen molar-refractivity contribution in [1.29, 1.82) is 5.26 Å². The fraction of sp³-hybridized carbons (Fsp3) is 0.500. The van der Waals surface area contributed by atoms with Gasteiger partial charge in [0.15, 0.2) is 5.40 Å². The predicted octanol–water partition coefficient (Wildman–Crippen LogP) is 1.67. The zero-order valence-electron chi connectivity index (χ0n) is 3.11. The highest BCUT2D eigenvalue weighted by atomic mass is 32.3. The van der Waals surface area contributed by atoms with E-state index in [4.69, 9.17) is 5.26 Å². The molecule has 0 fully saturated rings. The molecule has 0 spiro atoms. The van der Waals surface area contributed by atoms with Crippen molar-refractivity contribution in [3.8, 4) is 5.40 Å². The second-order valence-electron chi connectivity index (χ2n) is 0.817. The SMILES string of the molecule is CS(F)(F)C#N. The van der Waals surface area contributed by atoms with Gasteiger partial charge in [0, 0.05) is 6.26 Å². The summed E-state index contributed by atoms with van der Waals surface area (Å²) in [5.41, 5.74) is 0. The van der Waals surface area contributed by atoms with Crippen LogP contribution in [0.3, 0.4) is 0 Å². The van der Waals surface area contributed by atoms with E-state index in [2.05, 4.69) is 0 Å². The number of rotatable bonds is 0. The summed E-state index contributed by atoms with van der Waals surface area (Å²) in [5, 5.41) is 8.29. The maximum Gasteiger partial charge on any atom is 0.173 e. The average Bonchev–Trinajstić information content (AvgIpc) is 1.35. The highest BCUT2D eigenvalue weighted by Gasteiger charge is 2.09. The van der Waals surface area contributed by atoms with Crippen LogP contribution in [0.4, 0.5) is 7.77 Å². The largest absolute Gasteiger partial charge is 0.182 e. The van der Waals surface area contributed by atoms with Gasteiger partial charge in [0.1, 0.15) is 10.8 Å². The van der Waals surface area contributed by atoms with Gasteiger partial charge in [0.05, 0.1) is 0 Å². The molecule has 6 heavy (non-hydrogen) atoms. The predicted molar refractivity (Wildman–Crippen MR) is 21.3 cm³/mol. The van der Waals surface area contributed by atoms with E-state index in [0.29, 0.717) is 6.26 Å². The summed E-state index contributed by atoms with van der Waals surface area (Å²) in [5.74, 6) is 0. The third kappa shape index (κ3) is 3.70. The van der Waals surface area contributed by atoms with Crippen molar-refractivity contribution in [2.24, 2.45) is 0 Å². The van der Waals surface area contributed by atoms with Crippen molar-refractivity contribution in [3.63, 3.8) is 0 Å². The topological polar surface area (TPSA) is 23.8 Å². The molecule has 0 aliphatic rings. The van der Waals surface area contributed by atoms with Crippen LogP contribution < -0.4 is 0 Å². The Morgan fingerprint density at radius 1 is 1.67 bits per heavy atom. The molecule has 0 aliphatic carbocycles. The van der Waals surface area contributed by atoms with Crippen molar-refractivity contribution in [3.05, 3.63) is 0 Å². The van der Waals surface area contributed by atoms with Gasteiger partial charge in [0.25, 0.3) is 0 Å². The Morgan fingerprint density at radius 3 is 1.83 bits per heavy atom. The van der Waals surface area contributed by atoms with E-state index in [1.165, 1.54) is 0 Å². The first-order valence-electron chi connectivity index (χ1n) is 1.14. The molecule has 0 aromatic rings. The summed E-state index contributed by atoms with van der Waals surface area (Å²) in [7, 11) is -3.86. The molecule has 0 radical (unpaired) electrons. The van der Waals surface area contributed by atoms with E-state index < -0.39 is 10.8 Å². The molecule has 0 bridgehead atoms. The summed E-state index contributed by atoms with van der Waals surface area (Å²) in [6.45, 7) is 0. The highest BCUT2D eigenvalue weighted by molar-refractivity contribution is 8.28. The number of hydrogen-bond acceptors (Lipinski definition) is 1. The van der Waals surface area contributed by atoms with Gasteiger partial charge in [-0.25, -0.2) is 0 Å². The number of nitriles is 1. The van der Waals surface area contributed by atoms with E-state index >= 15 is 0 Å². The smallest absolute Gasteiger partial charge is 0.173 e. The summed E-state index contributed by atoms with van der Waals surface area (Å²) in [6.07, 6.45) is 0.632. The Labute approximate surface area is 36.5 Å². The Kier molecular flexibility index (Phi) is 1.36. The van der Waals surface area contributed by atoms with Crippen molar-refractivity contribution in [1.82, 2.24) is 0 Å². The quantitative estimate of drug-likeness (QED) is 0.436. The number of hydrogen-bond donors (Lipinski definition) is 0. The Bertz CT molecular complexity index is 78.5. The summed E-state index contributed by atoms with van der Waals surface area (Å²) in [4.78, 5) is 0. The molecular weight excluding hydrogens is 108 g/mol. The van der Waals surface area contributed by atoms with Crippen LogP contribution in [0.25, 0.3) is 0 Å². The molecule has 0 aliphatic heterocycles. The molecule has 36 valence electrons. The van der Waals surface area contributed by atoms with Gasteiger partial charge in [-0.3, -0.25) is 0 Å². The lowest BCUT2D eigenvalue weighted by Gasteiger charge is -1.96.